The van der Waals surface area contributed by atoms with Gasteiger partial charge in [-0.15, -0.1) is 5.10 Å². The van der Waals surface area contributed by atoms with Gasteiger partial charge in [-0.05, 0) is 58.0 Å². The van der Waals surface area contributed by atoms with Crippen LogP contribution in [0.1, 0.15) is 33.5 Å². The quantitative estimate of drug-likeness (QED) is 0.405. The summed E-state index contributed by atoms with van der Waals surface area (Å²) >= 11 is 0. The number of aromatic nitrogens is 4. The summed E-state index contributed by atoms with van der Waals surface area (Å²) in [4.78, 5) is 16.8. The molecule has 1 saturated heterocycles. The fourth-order valence-corrected chi connectivity index (χ4v) is 4.33. The molecule has 0 spiro atoms. The van der Waals surface area contributed by atoms with Crippen LogP contribution in [0.15, 0.2) is 71.3 Å². The lowest BCUT2D eigenvalue weighted by Crippen LogP contribution is -2.50. The zero-order valence-electron chi connectivity index (χ0n) is 19.2. The van der Waals surface area contributed by atoms with Crippen molar-refractivity contribution in [3.63, 3.8) is 0 Å². The lowest BCUT2D eigenvalue weighted by Gasteiger charge is -2.38. The molecule has 4 aromatic rings. The number of methoxy groups -OCH3 is 1. The van der Waals surface area contributed by atoms with Crippen molar-refractivity contribution in [3.05, 3.63) is 95.5 Å². The predicted molar refractivity (Wildman–Crippen MR) is 124 cm³/mol. The van der Waals surface area contributed by atoms with Gasteiger partial charge in [0, 0.05) is 26.2 Å². The van der Waals surface area contributed by atoms with Crippen LogP contribution >= 0.6 is 0 Å². The molecule has 1 atom stereocenters. The van der Waals surface area contributed by atoms with E-state index >= 15 is 0 Å². The number of halogens is 1. The molecule has 3 heterocycles. The van der Waals surface area contributed by atoms with Crippen LogP contribution in [-0.2, 0) is 6.54 Å². The van der Waals surface area contributed by atoms with Crippen LogP contribution in [0.5, 0.6) is 5.75 Å². The monoisotopic (exact) mass is 476 g/mol. The number of hydrogen-bond donors (Lipinski definition) is 0. The van der Waals surface area contributed by atoms with Crippen molar-refractivity contribution in [2.45, 2.75) is 12.6 Å². The maximum absolute atomic E-state index is 13.4. The molecule has 35 heavy (non-hydrogen) atoms. The number of carbonyl (C=O) groups excluding carboxylic acids is 1. The van der Waals surface area contributed by atoms with Gasteiger partial charge in [-0.3, -0.25) is 9.69 Å². The van der Waals surface area contributed by atoms with E-state index < -0.39 is 0 Å². The highest BCUT2D eigenvalue weighted by Gasteiger charge is 2.32. The number of tetrazole rings is 1. The fourth-order valence-electron chi connectivity index (χ4n) is 4.33. The van der Waals surface area contributed by atoms with Gasteiger partial charge in [0.05, 0.1) is 26.0 Å². The highest BCUT2D eigenvalue weighted by atomic mass is 19.1. The number of carbonyl (C=O) groups is 1. The first kappa shape index (κ1) is 22.7. The van der Waals surface area contributed by atoms with Crippen LogP contribution in [0, 0.1) is 5.82 Å². The first-order chi connectivity index (χ1) is 17.1. The predicted octanol–water partition coefficient (Wildman–Crippen LogP) is 3.01. The van der Waals surface area contributed by atoms with Crippen LogP contribution < -0.4 is 4.74 Å². The van der Waals surface area contributed by atoms with E-state index in [-0.39, 0.29) is 17.8 Å². The fraction of sp³-hybridized carbons (Fsp3) is 0.280. The molecule has 2 aromatic heterocycles. The van der Waals surface area contributed by atoms with E-state index in [9.17, 15) is 9.18 Å². The first-order valence-corrected chi connectivity index (χ1v) is 11.3. The number of nitrogens with zero attached hydrogens (tertiary/aromatic N) is 6. The number of amides is 1. The second-order valence-electron chi connectivity index (χ2n) is 8.30. The largest absolute Gasteiger partial charge is 0.497 e. The minimum Gasteiger partial charge on any atom is -0.497 e. The lowest BCUT2D eigenvalue weighted by atomic mass is 10.0. The number of furan rings is 1. The van der Waals surface area contributed by atoms with E-state index in [2.05, 4.69) is 20.4 Å². The van der Waals surface area contributed by atoms with Crippen LogP contribution in [0.2, 0.25) is 0 Å². The Morgan fingerprint density at radius 1 is 1.06 bits per heavy atom. The summed E-state index contributed by atoms with van der Waals surface area (Å²) in [6.07, 6.45) is 1.50. The molecule has 1 amide bonds. The molecule has 0 saturated carbocycles. The Labute approximate surface area is 201 Å². The molecule has 180 valence electrons. The zero-order valence-corrected chi connectivity index (χ0v) is 19.2. The van der Waals surface area contributed by atoms with Gasteiger partial charge in [-0.25, -0.2) is 9.07 Å². The van der Waals surface area contributed by atoms with E-state index in [1.807, 2.05) is 24.3 Å². The zero-order chi connectivity index (χ0) is 24.2. The molecule has 0 N–H and O–H groups in total. The van der Waals surface area contributed by atoms with Crippen molar-refractivity contribution in [2.75, 3.05) is 33.3 Å². The summed E-state index contributed by atoms with van der Waals surface area (Å²) in [5.74, 6) is 1.37. The second kappa shape index (κ2) is 10.1. The molecule has 0 radical (unpaired) electrons. The van der Waals surface area contributed by atoms with Gasteiger partial charge in [-0.2, -0.15) is 0 Å². The Kier molecular flexibility index (Phi) is 6.53. The molecule has 9 nitrogen and oxygen atoms in total. The van der Waals surface area contributed by atoms with Crippen molar-refractivity contribution in [3.8, 4) is 5.75 Å². The molecule has 10 heteroatoms. The van der Waals surface area contributed by atoms with E-state index in [1.54, 1.807) is 41.0 Å². The molecule has 1 fully saturated rings. The second-order valence-corrected chi connectivity index (χ2v) is 8.30. The third-order valence-electron chi connectivity index (χ3n) is 6.18. The van der Waals surface area contributed by atoms with Gasteiger partial charge < -0.3 is 14.1 Å². The molecule has 1 aliphatic rings. The summed E-state index contributed by atoms with van der Waals surface area (Å²) in [6, 6.07) is 17.3. The van der Waals surface area contributed by atoms with Crippen molar-refractivity contribution in [2.24, 2.45) is 0 Å². The number of benzene rings is 2. The summed E-state index contributed by atoms with van der Waals surface area (Å²) in [7, 11) is 1.63. The van der Waals surface area contributed by atoms with Gasteiger partial charge in [-0.1, -0.05) is 24.3 Å². The average molecular weight is 477 g/mol. The van der Waals surface area contributed by atoms with Crippen molar-refractivity contribution in [1.29, 1.82) is 0 Å². The van der Waals surface area contributed by atoms with Crippen LogP contribution in [0.3, 0.4) is 0 Å². The SMILES string of the molecule is COc1ccc(C(c2nnnn2Cc2ccc(F)cc2)N2CCN(C(=O)c3ccco3)CC2)cc1. The molecule has 2 aromatic carbocycles. The Morgan fingerprint density at radius 2 is 1.80 bits per heavy atom. The van der Waals surface area contributed by atoms with Crippen LogP contribution in [0.25, 0.3) is 0 Å². The molecule has 0 aliphatic carbocycles. The lowest BCUT2D eigenvalue weighted by molar-refractivity contribution is 0.0559. The Balaban J connectivity index is 1.41. The van der Waals surface area contributed by atoms with Gasteiger partial charge in [0.15, 0.2) is 11.6 Å². The molecular formula is C25H25FN6O3. The molecule has 1 unspecified atom stereocenters. The molecule has 0 bridgehead atoms. The third-order valence-corrected chi connectivity index (χ3v) is 6.18. The minimum absolute atomic E-state index is 0.114. The van der Waals surface area contributed by atoms with Gasteiger partial charge in [0.25, 0.3) is 5.91 Å². The number of hydrogen-bond acceptors (Lipinski definition) is 7. The summed E-state index contributed by atoms with van der Waals surface area (Å²) in [5, 5.41) is 12.5. The standard InChI is InChI=1S/C25H25FN6O3/c1-34-21-10-6-19(7-11-21)23(24-27-28-29-32(24)17-18-4-8-20(26)9-5-18)30-12-14-31(15-13-30)25(33)22-3-2-16-35-22/h2-11,16,23H,12-15,17H2,1H3. The topological polar surface area (TPSA) is 89.5 Å². The smallest absolute Gasteiger partial charge is 0.289 e. The molecule has 5 rings (SSSR count). The van der Waals surface area contributed by atoms with E-state index in [4.69, 9.17) is 9.15 Å². The minimum atomic E-state index is -0.288. The summed E-state index contributed by atoms with van der Waals surface area (Å²) in [6.45, 7) is 2.77. The van der Waals surface area contributed by atoms with Crippen molar-refractivity contribution >= 4 is 5.91 Å². The molecule has 1 aliphatic heterocycles. The Morgan fingerprint density at radius 3 is 2.46 bits per heavy atom. The molecular weight excluding hydrogens is 451 g/mol. The van der Waals surface area contributed by atoms with Gasteiger partial charge in [0.1, 0.15) is 11.6 Å². The van der Waals surface area contributed by atoms with Crippen LogP contribution in [0.4, 0.5) is 4.39 Å². The Bertz CT molecular complexity index is 1250. The summed E-state index contributed by atoms with van der Waals surface area (Å²) in [5.41, 5.74) is 1.90. The average Bonchev–Trinajstić information content (AvgIpc) is 3.59. The van der Waals surface area contributed by atoms with E-state index in [0.29, 0.717) is 44.3 Å². The van der Waals surface area contributed by atoms with Crippen molar-refractivity contribution in [1.82, 2.24) is 30.0 Å². The normalized spacial score (nSPS) is 15.2. The first-order valence-electron chi connectivity index (χ1n) is 11.3. The highest BCUT2D eigenvalue weighted by Crippen LogP contribution is 2.30. The van der Waals surface area contributed by atoms with Gasteiger partial charge in [0.2, 0.25) is 0 Å². The third kappa shape index (κ3) is 4.92. The summed E-state index contributed by atoms with van der Waals surface area (Å²) < 4.78 is 25.7. The maximum atomic E-state index is 13.4. The number of piperazine rings is 1. The van der Waals surface area contributed by atoms with Crippen LogP contribution in [-0.4, -0.2) is 69.2 Å². The van der Waals surface area contributed by atoms with Gasteiger partial charge >= 0.3 is 0 Å². The van der Waals surface area contributed by atoms with E-state index in [1.165, 1.54) is 18.4 Å². The maximum Gasteiger partial charge on any atom is 0.289 e. The highest BCUT2D eigenvalue weighted by molar-refractivity contribution is 5.91. The van der Waals surface area contributed by atoms with E-state index in [0.717, 1.165) is 16.9 Å². The Hall–Kier alpha value is -4.05. The number of ether oxygens (including phenoxy) is 1. The number of rotatable bonds is 7. The van der Waals surface area contributed by atoms with Crippen molar-refractivity contribution < 1.29 is 18.3 Å².